The highest BCUT2D eigenvalue weighted by molar-refractivity contribution is 7.80. The molecule has 0 spiro atoms. The summed E-state index contributed by atoms with van der Waals surface area (Å²) < 4.78 is 0. The van der Waals surface area contributed by atoms with E-state index >= 15 is 0 Å². The van der Waals surface area contributed by atoms with Gasteiger partial charge in [0.05, 0.1) is 0 Å². The number of hydrogen-bond acceptors (Lipinski definition) is 2. The van der Waals surface area contributed by atoms with Gasteiger partial charge in [-0.1, -0.05) is 13.8 Å². The van der Waals surface area contributed by atoms with E-state index < -0.39 is 0 Å². The minimum Gasteiger partial charge on any atom is -0.317 e. The lowest BCUT2D eigenvalue weighted by Crippen LogP contribution is -2.18. The molecule has 0 heterocycles. The summed E-state index contributed by atoms with van der Waals surface area (Å²) in [5, 5.41) is 3.94. The zero-order chi connectivity index (χ0) is 7.82. The molecule has 0 radical (unpaired) electrons. The molecule has 0 fully saturated rings. The molecule has 1 nitrogen and oxygen atoms in total. The van der Waals surface area contributed by atoms with Crippen LogP contribution in [-0.2, 0) is 0 Å². The molecule has 1 atom stereocenters. The number of hydrogen-bond donors (Lipinski definition) is 2. The van der Waals surface area contributed by atoms with Gasteiger partial charge in [0.1, 0.15) is 0 Å². The van der Waals surface area contributed by atoms with Crippen LogP contribution >= 0.6 is 12.6 Å². The van der Waals surface area contributed by atoms with Crippen molar-refractivity contribution in [2.45, 2.75) is 38.4 Å². The fourth-order valence-corrected chi connectivity index (χ4v) is 0.904. The Hall–Kier alpha value is 0.310. The molecule has 1 unspecified atom stereocenters. The first-order chi connectivity index (χ1) is 4.81. The summed E-state index contributed by atoms with van der Waals surface area (Å²) in [6.45, 7) is 6.63. The predicted molar refractivity (Wildman–Crippen MR) is 50.8 cm³/mol. The topological polar surface area (TPSA) is 12.0 Å². The van der Waals surface area contributed by atoms with Gasteiger partial charge in [0.25, 0.3) is 0 Å². The van der Waals surface area contributed by atoms with Gasteiger partial charge in [-0.15, -0.1) is 0 Å². The summed E-state index contributed by atoms with van der Waals surface area (Å²) in [7, 11) is 0. The second-order valence-electron chi connectivity index (χ2n) is 2.60. The number of rotatable bonds is 6. The Balaban J connectivity index is 2.89. The molecule has 0 saturated carbocycles. The molecule has 2 heteroatoms. The van der Waals surface area contributed by atoms with E-state index in [9.17, 15) is 0 Å². The third-order valence-electron chi connectivity index (χ3n) is 1.55. The van der Waals surface area contributed by atoms with Gasteiger partial charge in [-0.2, -0.15) is 12.6 Å². The van der Waals surface area contributed by atoms with Crippen LogP contribution in [0, 0.1) is 0 Å². The maximum atomic E-state index is 4.39. The molecule has 10 heavy (non-hydrogen) atoms. The van der Waals surface area contributed by atoms with Crippen molar-refractivity contribution in [3.05, 3.63) is 0 Å². The predicted octanol–water partition coefficient (Wildman–Crippen LogP) is 2.08. The number of nitrogens with one attached hydrogen (secondary N) is 1. The third-order valence-corrected chi connectivity index (χ3v) is 2.18. The second-order valence-corrected chi connectivity index (χ2v) is 3.33. The molecule has 0 aliphatic heterocycles. The highest BCUT2D eigenvalue weighted by atomic mass is 32.1. The van der Waals surface area contributed by atoms with Gasteiger partial charge < -0.3 is 5.32 Å². The average molecular weight is 161 g/mol. The Morgan fingerprint density at radius 3 is 2.50 bits per heavy atom. The van der Waals surface area contributed by atoms with E-state index in [-0.39, 0.29) is 0 Å². The molecule has 0 aromatic carbocycles. The molecule has 0 bridgehead atoms. The summed E-state index contributed by atoms with van der Waals surface area (Å²) in [6, 6.07) is 0. The van der Waals surface area contributed by atoms with Crippen LogP contribution in [0.25, 0.3) is 0 Å². The summed E-state index contributed by atoms with van der Waals surface area (Å²) >= 11 is 4.39. The Labute approximate surface area is 70.0 Å². The van der Waals surface area contributed by atoms with Crippen LogP contribution in [0.5, 0.6) is 0 Å². The van der Waals surface area contributed by atoms with E-state index in [1.165, 1.54) is 19.3 Å². The molecule has 0 saturated heterocycles. The van der Waals surface area contributed by atoms with Crippen molar-refractivity contribution in [2.24, 2.45) is 0 Å². The second kappa shape index (κ2) is 7.42. The van der Waals surface area contributed by atoms with Gasteiger partial charge in [0.15, 0.2) is 0 Å². The van der Waals surface area contributed by atoms with Crippen LogP contribution in [0.4, 0.5) is 0 Å². The Morgan fingerprint density at radius 2 is 2.00 bits per heavy atom. The van der Waals surface area contributed by atoms with Crippen LogP contribution < -0.4 is 5.32 Å². The summed E-state index contributed by atoms with van der Waals surface area (Å²) in [4.78, 5) is 0. The SMILES string of the molecule is CCCNCCC(S)CC. The molecule has 62 valence electrons. The molecule has 0 aliphatic rings. The maximum absolute atomic E-state index is 4.39. The molecular formula is C8H19NS. The smallest absolute Gasteiger partial charge is 0.00262 e. The zero-order valence-corrected chi connectivity index (χ0v) is 7.95. The van der Waals surface area contributed by atoms with Gasteiger partial charge >= 0.3 is 0 Å². The van der Waals surface area contributed by atoms with E-state index in [4.69, 9.17) is 0 Å². The number of thiol groups is 1. The molecule has 0 rings (SSSR count). The van der Waals surface area contributed by atoms with Crippen LogP contribution in [0.1, 0.15) is 33.1 Å². The van der Waals surface area contributed by atoms with Crippen molar-refractivity contribution in [3.63, 3.8) is 0 Å². The quantitative estimate of drug-likeness (QED) is 0.449. The van der Waals surface area contributed by atoms with Crippen molar-refractivity contribution in [2.75, 3.05) is 13.1 Å². The third kappa shape index (κ3) is 6.43. The largest absolute Gasteiger partial charge is 0.317 e. The van der Waals surface area contributed by atoms with Crippen molar-refractivity contribution in [3.8, 4) is 0 Å². The first-order valence-corrected chi connectivity index (χ1v) is 4.71. The van der Waals surface area contributed by atoms with Crippen LogP contribution in [0.15, 0.2) is 0 Å². The Kier molecular flexibility index (Phi) is 7.65. The molecule has 0 aliphatic carbocycles. The van der Waals surface area contributed by atoms with Gasteiger partial charge in [-0.3, -0.25) is 0 Å². The Morgan fingerprint density at radius 1 is 1.30 bits per heavy atom. The van der Waals surface area contributed by atoms with E-state index in [0.717, 1.165) is 13.1 Å². The Bertz CT molecular complexity index is 66.3. The van der Waals surface area contributed by atoms with E-state index in [1.807, 2.05) is 0 Å². The van der Waals surface area contributed by atoms with Crippen molar-refractivity contribution in [1.82, 2.24) is 5.32 Å². The summed E-state index contributed by atoms with van der Waals surface area (Å²) in [6.07, 6.45) is 3.60. The molecule has 1 N–H and O–H groups in total. The van der Waals surface area contributed by atoms with E-state index in [1.54, 1.807) is 0 Å². The normalized spacial score (nSPS) is 13.5. The van der Waals surface area contributed by atoms with Gasteiger partial charge in [-0.05, 0) is 32.4 Å². The van der Waals surface area contributed by atoms with Crippen LogP contribution in [0.3, 0.4) is 0 Å². The zero-order valence-electron chi connectivity index (χ0n) is 7.06. The van der Waals surface area contributed by atoms with Crippen molar-refractivity contribution in [1.29, 1.82) is 0 Å². The maximum Gasteiger partial charge on any atom is 0.00262 e. The minimum absolute atomic E-state index is 0.587. The minimum atomic E-state index is 0.587. The monoisotopic (exact) mass is 161 g/mol. The molecule has 0 aromatic heterocycles. The first kappa shape index (κ1) is 10.3. The lowest BCUT2D eigenvalue weighted by Gasteiger charge is -2.07. The van der Waals surface area contributed by atoms with Gasteiger partial charge in [0.2, 0.25) is 0 Å². The molecule has 0 amide bonds. The van der Waals surface area contributed by atoms with E-state index in [2.05, 4.69) is 31.8 Å². The fraction of sp³-hybridized carbons (Fsp3) is 1.00. The lowest BCUT2D eigenvalue weighted by molar-refractivity contribution is 0.621. The molecule has 0 aromatic rings. The average Bonchev–Trinajstić information content (AvgIpc) is 1.98. The van der Waals surface area contributed by atoms with Crippen LogP contribution in [0.2, 0.25) is 0 Å². The standard InChI is InChI=1S/C8H19NS/c1-3-6-9-7-5-8(10)4-2/h8-10H,3-7H2,1-2H3. The summed E-state index contributed by atoms with van der Waals surface area (Å²) in [5.74, 6) is 0. The highest BCUT2D eigenvalue weighted by Crippen LogP contribution is 2.03. The fourth-order valence-electron chi connectivity index (χ4n) is 0.775. The first-order valence-electron chi connectivity index (χ1n) is 4.20. The van der Waals surface area contributed by atoms with Gasteiger partial charge in [0, 0.05) is 5.25 Å². The molecular weight excluding hydrogens is 142 g/mol. The van der Waals surface area contributed by atoms with Crippen LogP contribution in [-0.4, -0.2) is 18.3 Å². The van der Waals surface area contributed by atoms with Crippen molar-refractivity contribution >= 4 is 12.6 Å². The van der Waals surface area contributed by atoms with Gasteiger partial charge in [-0.25, -0.2) is 0 Å². The lowest BCUT2D eigenvalue weighted by atomic mass is 10.2. The summed E-state index contributed by atoms with van der Waals surface area (Å²) in [5.41, 5.74) is 0. The van der Waals surface area contributed by atoms with E-state index in [0.29, 0.717) is 5.25 Å². The highest BCUT2D eigenvalue weighted by Gasteiger charge is 1.96. The van der Waals surface area contributed by atoms with Crippen molar-refractivity contribution < 1.29 is 0 Å².